The fourth-order valence-electron chi connectivity index (χ4n) is 7.37. The second-order valence-electron chi connectivity index (χ2n) is 18.9. The summed E-state index contributed by atoms with van der Waals surface area (Å²) >= 11 is 0. The number of hydrogen-bond donors (Lipinski definition) is 3. The topological polar surface area (TPSA) is 105 Å². The number of nitrogens with one attached hydrogen (secondary N) is 1. The zero-order chi connectivity index (χ0) is 46.4. The van der Waals surface area contributed by atoms with Crippen LogP contribution in [0.3, 0.4) is 0 Å². The Morgan fingerprint density at radius 2 is 0.968 bits per heavy atom. The number of rotatable bonds is 47. The van der Waals surface area contributed by atoms with Crippen molar-refractivity contribution in [3.63, 3.8) is 0 Å². The van der Waals surface area contributed by atoms with Crippen LogP contribution in [-0.2, 0) is 18.4 Å². The summed E-state index contributed by atoms with van der Waals surface area (Å²) < 4.78 is 23.6. The number of hydrogen-bond acceptors (Lipinski definition) is 5. The number of amides is 1. The van der Waals surface area contributed by atoms with Gasteiger partial charge in [-0.05, 0) is 64.2 Å². The van der Waals surface area contributed by atoms with Gasteiger partial charge in [0.1, 0.15) is 13.2 Å². The summed E-state index contributed by atoms with van der Waals surface area (Å²) in [5, 5.41) is 13.8. The number of phosphoric ester groups is 1. The van der Waals surface area contributed by atoms with Crippen molar-refractivity contribution in [2.75, 3.05) is 40.9 Å². The van der Waals surface area contributed by atoms with Crippen LogP contribution in [0.5, 0.6) is 0 Å². The monoisotopic (exact) mass is 906 g/mol. The molecule has 0 radical (unpaired) electrons. The van der Waals surface area contributed by atoms with Crippen molar-refractivity contribution in [3.05, 3.63) is 60.8 Å². The minimum Gasteiger partial charge on any atom is -0.387 e. The zero-order valence-electron chi connectivity index (χ0n) is 41.8. The van der Waals surface area contributed by atoms with Crippen LogP contribution in [0.2, 0.25) is 0 Å². The van der Waals surface area contributed by atoms with Crippen LogP contribution in [0.4, 0.5) is 0 Å². The van der Waals surface area contributed by atoms with Crippen molar-refractivity contribution < 1.29 is 32.9 Å². The predicted molar refractivity (Wildman–Crippen MR) is 272 cm³/mol. The van der Waals surface area contributed by atoms with Crippen LogP contribution in [0.25, 0.3) is 0 Å². The van der Waals surface area contributed by atoms with Gasteiger partial charge in [-0.25, -0.2) is 4.57 Å². The van der Waals surface area contributed by atoms with Gasteiger partial charge < -0.3 is 19.8 Å². The van der Waals surface area contributed by atoms with Crippen molar-refractivity contribution in [3.8, 4) is 0 Å². The molecule has 0 aromatic rings. The van der Waals surface area contributed by atoms with Crippen molar-refractivity contribution in [2.24, 2.45) is 0 Å². The first-order valence-electron chi connectivity index (χ1n) is 26.2. The lowest BCUT2D eigenvalue weighted by molar-refractivity contribution is -0.870. The van der Waals surface area contributed by atoms with Gasteiger partial charge in [-0.2, -0.15) is 0 Å². The molecule has 63 heavy (non-hydrogen) atoms. The maximum Gasteiger partial charge on any atom is 0.472 e. The molecular weight excluding hydrogens is 804 g/mol. The molecule has 8 nitrogen and oxygen atoms in total. The molecule has 3 unspecified atom stereocenters. The van der Waals surface area contributed by atoms with Crippen LogP contribution >= 0.6 is 7.82 Å². The van der Waals surface area contributed by atoms with Crippen LogP contribution in [0, 0.1) is 0 Å². The van der Waals surface area contributed by atoms with Gasteiger partial charge in [0, 0.05) is 6.42 Å². The lowest BCUT2D eigenvalue weighted by Crippen LogP contribution is -2.45. The Bertz CT molecular complexity index is 1210. The number of carbonyl (C=O) groups is 1. The molecule has 0 saturated heterocycles. The summed E-state index contributed by atoms with van der Waals surface area (Å²) in [5.74, 6) is -0.217. The summed E-state index contributed by atoms with van der Waals surface area (Å²) in [5.41, 5.74) is 0. The molecule has 0 fully saturated rings. The Morgan fingerprint density at radius 3 is 1.46 bits per heavy atom. The Morgan fingerprint density at radius 1 is 0.556 bits per heavy atom. The highest BCUT2D eigenvalue weighted by Crippen LogP contribution is 2.43. The fourth-order valence-corrected chi connectivity index (χ4v) is 8.10. The molecule has 0 rings (SSSR count). The highest BCUT2D eigenvalue weighted by atomic mass is 31.2. The first-order valence-corrected chi connectivity index (χ1v) is 27.7. The molecule has 0 heterocycles. The molecule has 0 aromatic heterocycles. The van der Waals surface area contributed by atoms with Gasteiger partial charge >= 0.3 is 7.82 Å². The van der Waals surface area contributed by atoms with E-state index in [1.165, 1.54) is 141 Å². The van der Waals surface area contributed by atoms with Gasteiger partial charge in [-0.15, -0.1) is 0 Å². The second-order valence-corrected chi connectivity index (χ2v) is 20.3. The molecule has 0 aromatic carbocycles. The van der Waals surface area contributed by atoms with Crippen molar-refractivity contribution in [1.82, 2.24) is 5.32 Å². The summed E-state index contributed by atoms with van der Waals surface area (Å²) in [6.07, 6.45) is 60.5. The van der Waals surface area contributed by atoms with Crippen LogP contribution in [0.1, 0.15) is 226 Å². The van der Waals surface area contributed by atoms with E-state index in [2.05, 4.69) is 67.8 Å². The number of carbonyl (C=O) groups excluding carboxylic acids is 1. The average Bonchev–Trinajstić information content (AvgIpc) is 3.24. The zero-order valence-corrected chi connectivity index (χ0v) is 42.7. The fraction of sp³-hybridized carbons (Fsp3) is 0.796. The average molecular weight is 906 g/mol. The largest absolute Gasteiger partial charge is 0.472 e. The Hall–Kier alpha value is -1.80. The van der Waals surface area contributed by atoms with E-state index in [0.29, 0.717) is 17.4 Å². The molecule has 368 valence electrons. The summed E-state index contributed by atoms with van der Waals surface area (Å²) in [4.78, 5) is 23.1. The van der Waals surface area contributed by atoms with E-state index in [0.717, 1.165) is 64.2 Å². The first-order chi connectivity index (χ1) is 30.5. The van der Waals surface area contributed by atoms with Crippen LogP contribution in [-0.4, -0.2) is 73.4 Å². The van der Waals surface area contributed by atoms with Crippen LogP contribution in [0.15, 0.2) is 60.8 Å². The van der Waals surface area contributed by atoms with E-state index in [9.17, 15) is 19.4 Å². The van der Waals surface area contributed by atoms with Gasteiger partial charge in [0.15, 0.2) is 0 Å². The molecule has 0 bridgehead atoms. The molecule has 0 aliphatic heterocycles. The highest BCUT2D eigenvalue weighted by molar-refractivity contribution is 7.47. The molecule has 0 saturated carbocycles. The van der Waals surface area contributed by atoms with E-state index in [-0.39, 0.29) is 19.1 Å². The van der Waals surface area contributed by atoms with E-state index in [1.807, 2.05) is 27.2 Å². The number of likely N-dealkylation sites (N-methyl/N-ethyl adjacent to an activating group) is 1. The minimum atomic E-state index is -4.36. The number of allylic oxidation sites excluding steroid dienone is 9. The number of aliphatic hydroxyl groups excluding tert-OH is 1. The van der Waals surface area contributed by atoms with E-state index in [1.54, 1.807) is 6.08 Å². The molecule has 3 N–H and O–H groups in total. The number of nitrogens with zero attached hydrogens (tertiary/aromatic N) is 1. The predicted octanol–water partition coefficient (Wildman–Crippen LogP) is 15.4. The summed E-state index contributed by atoms with van der Waals surface area (Å²) in [6, 6.07) is -0.880. The lowest BCUT2D eigenvalue weighted by Gasteiger charge is -2.25. The van der Waals surface area contributed by atoms with Crippen molar-refractivity contribution in [2.45, 2.75) is 238 Å². The van der Waals surface area contributed by atoms with Gasteiger partial charge in [-0.3, -0.25) is 13.8 Å². The SMILES string of the molecule is CC/C=C\C/C=C\C/C=C\CCCCCC(=O)NC(COP(=O)(O)OCC[N+](C)(C)C)C(O)/C=C/CC/C=C/CCCCCCCCCCCCCCCCCCCCCCCC. The van der Waals surface area contributed by atoms with E-state index in [4.69, 9.17) is 9.05 Å². The number of unbranched alkanes of at least 4 members (excludes halogenated alkanes) is 26. The van der Waals surface area contributed by atoms with Gasteiger partial charge in [-0.1, -0.05) is 216 Å². The molecule has 9 heteroatoms. The lowest BCUT2D eigenvalue weighted by atomic mass is 10.0. The number of phosphoric acid groups is 1. The van der Waals surface area contributed by atoms with Crippen LogP contribution < -0.4 is 5.32 Å². The molecule has 3 atom stereocenters. The maximum absolute atomic E-state index is 12.9. The molecule has 1 amide bonds. The Kier molecular flexibility index (Phi) is 44.1. The summed E-state index contributed by atoms with van der Waals surface area (Å²) in [7, 11) is 1.53. The van der Waals surface area contributed by atoms with Gasteiger partial charge in [0.05, 0.1) is 39.9 Å². The van der Waals surface area contributed by atoms with Gasteiger partial charge in [0.2, 0.25) is 5.91 Å². The normalized spacial score (nSPS) is 14.6. The quantitative estimate of drug-likeness (QED) is 0.0243. The Labute approximate surface area is 390 Å². The minimum absolute atomic E-state index is 0.0481. The smallest absolute Gasteiger partial charge is 0.387 e. The third-order valence-electron chi connectivity index (χ3n) is 11.5. The van der Waals surface area contributed by atoms with E-state index < -0.39 is 20.0 Å². The first kappa shape index (κ1) is 61.2. The second kappa shape index (κ2) is 45.4. The molecule has 0 aliphatic carbocycles. The molecule has 0 spiro atoms. The Balaban J connectivity index is 4.24. The van der Waals surface area contributed by atoms with Crippen molar-refractivity contribution in [1.29, 1.82) is 0 Å². The standard InChI is InChI=1S/C54H101N2O6P/c1-6-8-10-12-14-16-18-20-21-22-23-24-25-26-27-28-29-30-31-32-33-34-36-37-39-41-43-45-47-53(57)52(51-62-63(59,60)61-50-49-56(3,4)5)55-54(58)48-46-44-42-40-38-35-19-17-15-13-11-9-7-2/h9,11,15,17,35,37-39,45,47,52-53,57H,6-8,10,12-14,16,18-34,36,40-44,46,48-51H2,1-5H3,(H-,55,58,59,60)/p+1/b11-9-,17-15-,38-35-,39-37+,47-45+. The highest BCUT2D eigenvalue weighted by Gasteiger charge is 2.27. The van der Waals surface area contributed by atoms with E-state index >= 15 is 0 Å². The third-order valence-corrected chi connectivity index (χ3v) is 12.5. The summed E-state index contributed by atoms with van der Waals surface area (Å²) in [6.45, 7) is 4.66. The van der Waals surface area contributed by atoms with Crippen molar-refractivity contribution >= 4 is 13.7 Å². The van der Waals surface area contributed by atoms with Gasteiger partial charge in [0.25, 0.3) is 0 Å². The molecule has 0 aliphatic rings. The number of quaternary nitrogens is 1. The third kappa shape index (κ3) is 48.0. The number of aliphatic hydroxyl groups is 1. The maximum atomic E-state index is 12.9. The molecular formula is C54H102N2O6P+.